The molecule has 3 N–H and O–H groups in total. The van der Waals surface area contributed by atoms with Crippen molar-refractivity contribution in [3.63, 3.8) is 0 Å². The van der Waals surface area contributed by atoms with E-state index in [-0.39, 0.29) is 12.5 Å². The highest BCUT2D eigenvalue weighted by atomic mass is 16.3. The smallest absolute Gasteiger partial charge is 0.254 e. The number of rotatable bonds is 3. The molecule has 0 aliphatic carbocycles. The number of likely N-dealkylation sites (tertiary alicyclic amines) is 1. The van der Waals surface area contributed by atoms with Crippen molar-refractivity contribution in [1.29, 1.82) is 0 Å². The third kappa shape index (κ3) is 3.23. The first-order valence-corrected chi connectivity index (χ1v) is 6.80. The Kier molecular flexibility index (Phi) is 4.37. The molecule has 0 radical (unpaired) electrons. The lowest BCUT2D eigenvalue weighted by Gasteiger charge is -2.31. The minimum Gasteiger partial charge on any atom is -0.396 e. The Morgan fingerprint density at radius 3 is 2.74 bits per heavy atom. The highest BCUT2D eigenvalue weighted by Crippen LogP contribution is 2.19. The first kappa shape index (κ1) is 13.8. The second kappa shape index (κ2) is 6.02. The highest BCUT2D eigenvalue weighted by Gasteiger charge is 2.23. The first-order chi connectivity index (χ1) is 9.13. The van der Waals surface area contributed by atoms with Crippen LogP contribution in [0.4, 0.5) is 5.82 Å². The molecule has 1 aromatic rings. The molecule has 5 nitrogen and oxygen atoms in total. The lowest BCUT2D eigenvalue weighted by molar-refractivity contribution is 0.0650. The van der Waals surface area contributed by atoms with Crippen LogP contribution in [0.2, 0.25) is 0 Å². The van der Waals surface area contributed by atoms with Crippen molar-refractivity contribution in [3.8, 4) is 0 Å². The van der Waals surface area contributed by atoms with Crippen molar-refractivity contribution < 1.29 is 9.90 Å². The number of pyridine rings is 1. The Hall–Kier alpha value is -1.62. The number of amides is 1. The summed E-state index contributed by atoms with van der Waals surface area (Å²) >= 11 is 0. The van der Waals surface area contributed by atoms with Gasteiger partial charge in [0.15, 0.2) is 0 Å². The summed E-state index contributed by atoms with van der Waals surface area (Å²) in [5.74, 6) is 0.742. The topological polar surface area (TPSA) is 79.5 Å². The average Bonchev–Trinajstić information content (AvgIpc) is 2.46. The molecule has 19 heavy (non-hydrogen) atoms. The standard InChI is InChI=1S/C14H21N3O2/c1-2-12-7-11(8-13(15)16-12)14(19)17-5-3-10(9-18)4-6-17/h7-8,10,18H,2-6,9H2,1H3,(H2,15,16). The number of carbonyl (C=O) groups is 1. The van der Waals surface area contributed by atoms with E-state index in [0.29, 0.717) is 30.4 Å². The van der Waals surface area contributed by atoms with E-state index in [4.69, 9.17) is 10.8 Å². The zero-order chi connectivity index (χ0) is 13.8. The molecule has 0 bridgehead atoms. The fourth-order valence-electron chi connectivity index (χ4n) is 2.42. The third-order valence-corrected chi connectivity index (χ3v) is 3.67. The predicted molar refractivity (Wildman–Crippen MR) is 73.7 cm³/mol. The van der Waals surface area contributed by atoms with Gasteiger partial charge in [-0.2, -0.15) is 0 Å². The van der Waals surface area contributed by atoms with Crippen molar-refractivity contribution in [2.24, 2.45) is 5.92 Å². The van der Waals surface area contributed by atoms with Gasteiger partial charge in [-0.3, -0.25) is 4.79 Å². The van der Waals surface area contributed by atoms with Gasteiger partial charge < -0.3 is 15.7 Å². The van der Waals surface area contributed by atoms with Gasteiger partial charge in [-0.15, -0.1) is 0 Å². The number of anilines is 1. The van der Waals surface area contributed by atoms with Gasteiger partial charge in [0.1, 0.15) is 5.82 Å². The summed E-state index contributed by atoms with van der Waals surface area (Å²) in [5.41, 5.74) is 7.19. The van der Waals surface area contributed by atoms with Crippen LogP contribution < -0.4 is 5.73 Å². The van der Waals surface area contributed by atoms with Crippen molar-refractivity contribution in [1.82, 2.24) is 9.88 Å². The van der Waals surface area contributed by atoms with E-state index in [9.17, 15) is 4.79 Å². The van der Waals surface area contributed by atoms with Gasteiger partial charge in [0.2, 0.25) is 0 Å². The van der Waals surface area contributed by atoms with E-state index in [1.807, 2.05) is 17.9 Å². The summed E-state index contributed by atoms with van der Waals surface area (Å²) in [5, 5.41) is 9.11. The van der Waals surface area contributed by atoms with E-state index in [1.54, 1.807) is 6.07 Å². The maximum atomic E-state index is 12.4. The maximum absolute atomic E-state index is 12.4. The fraction of sp³-hybridized carbons (Fsp3) is 0.571. The van der Waals surface area contributed by atoms with Gasteiger partial charge in [0.05, 0.1) is 0 Å². The van der Waals surface area contributed by atoms with Crippen LogP contribution in [0.15, 0.2) is 12.1 Å². The number of aliphatic hydroxyl groups excluding tert-OH is 1. The van der Waals surface area contributed by atoms with Crippen molar-refractivity contribution >= 4 is 11.7 Å². The van der Waals surface area contributed by atoms with Crippen LogP contribution in [0.3, 0.4) is 0 Å². The average molecular weight is 263 g/mol. The van der Waals surface area contributed by atoms with Gasteiger partial charge >= 0.3 is 0 Å². The summed E-state index contributed by atoms with van der Waals surface area (Å²) < 4.78 is 0. The van der Waals surface area contributed by atoms with E-state index in [1.165, 1.54) is 0 Å². The minimum absolute atomic E-state index is 0.0141. The molecule has 1 fully saturated rings. The number of hydrogen-bond donors (Lipinski definition) is 2. The van der Waals surface area contributed by atoms with Crippen molar-refractivity contribution in [2.75, 3.05) is 25.4 Å². The molecule has 1 amide bonds. The SMILES string of the molecule is CCc1cc(C(=O)N2CCC(CO)CC2)cc(N)n1. The number of piperidine rings is 1. The molecule has 1 aliphatic heterocycles. The Balaban J connectivity index is 2.09. The normalized spacial score (nSPS) is 16.6. The molecule has 0 saturated carbocycles. The molecule has 104 valence electrons. The van der Waals surface area contributed by atoms with Crippen LogP contribution in [0.1, 0.15) is 35.8 Å². The molecule has 0 atom stereocenters. The Labute approximate surface area is 113 Å². The lowest BCUT2D eigenvalue weighted by Crippen LogP contribution is -2.39. The molecule has 1 saturated heterocycles. The molecule has 1 aromatic heterocycles. The van der Waals surface area contributed by atoms with E-state index in [2.05, 4.69) is 4.98 Å². The van der Waals surface area contributed by atoms with Gasteiger partial charge in [0.25, 0.3) is 5.91 Å². The number of hydrogen-bond acceptors (Lipinski definition) is 4. The Bertz CT molecular complexity index is 454. The number of nitrogens with zero attached hydrogens (tertiary/aromatic N) is 2. The molecule has 1 aliphatic rings. The summed E-state index contributed by atoms with van der Waals surface area (Å²) in [7, 11) is 0. The van der Waals surface area contributed by atoms with Crippen LogP contribution in [0.25, 0.3) is 0 Å². The minimum atomic E-state index is 0.0141. The van der Waals surface area contributed by atoms with Crippen molar-refractivity contribution in [2.45, 2.75) is 26.2 Å². The fourth-order valence-corrected chi connectivity index (χ4v) is 2.42. The quantitative estimate of drug-likeness (QED) is 0.855. The molecule has 2 heterocycles. The van der Waals surface area contributed by atoms with Crippen LogP contribution in [0, 0.1) is 5.92 Å². The number of carbonyl (C=O) groups excluding carboxylic acids is 1. The summed E-state index contributed by atoms with van der Waals surface area (Å²) in [6.07, 6.45) is 2.49. The van der Waals surface area contributed by atoms with E-state index < -0.39 is 0 Å². The first-order valence-electron chi connectivity index (χ1n) is 6.80. The second-order valence-corrected chi connectivity index (χ2v) is 5.04. The Morgan fingerprint density at radius 2 is 2.16 bits per heavy atom. The predicted octanol–water partition coefficient (Wildman–Crippen LogP) is 1.07. The van der Waals surface area contributed by atoms with Crippen LogP contribution in [-0.2, 0) is 6.42 Å². The number of nitrogens with two attached hydrogens (primary N) is 1. The van der Waals surface area contributed by atoms with Crippen LogP contribution in [-0.4, -0.2) is 40.6 Å². The molecule has 5 heteroatoms. The molecule has 0 aromatic carbocycles. The number of aliphatic hydroxyl groups is 1. The highest BCUT2D eigenvalue weighted by molar-refractivity contribution is 5.95. The Morgan fingerprint density at radius 1 is 1.47 bits per heavy atom. The molecule has 0 unspecified atom stereocenters. The zero-order valence-electron chi connectivity index (χ0n) is 11.3. The summed E-state index contributed by atoms with van der Waals surface area (Å²) in [6.45, 7) is 3.61. The van der Waals surface area contributed by atoms with Gasteiger partial charge in [-0.1, -0.05) is 6.92 Å². The zero-order valence-corrected chi connectivity index (χ0v) is 11.3. The number of nitrogen functional groups attached to an aromatic ring is 1. The van der Waals surface area contributed by atoms with Gasteiger partial charge in [-0.25, -0.2) is 4.98 Å². The van der Waals surface area contributed by atoms with Crippen LogP contribution >= 0.6 is 0 Å². The molecule has 0 spiro atoms. The number of aryl methyl sites for hydroxylation is 1. The second-order valence-electron chi connectivity index (χ2n) is 5.04. The summed E-state index contributed by atoms with van der Waals surface area (Å²) in [6, 6.07) is 3.45. The number of aromatic nitrogens is 1. The van der Waals surface area contributed by atoms with E-state index in [0.717, 1.165) is 25.0 Å². The third-order valence-electron chi connectivity index (χ3n) is 3.67. The monoisotopic (exact) mass is 263 g/mol. The molecular formula is C14H21N3O2. The van der Waals surface area contributed by atoms with Gasteiger partial charge in [-0.05, 0) is 37.3 Å². The van der Waals surface area contributed by atoms with Crippen molar-refractivity contribution in [3.05, 3.63) is 23.4 Å². The molecule has 2 rings (SSSR count). The lowest BCUT2D eigenvalue weighted by atomic mass is 9.97. The summed E-state index contributed by atoms with van der Waals surface area (Å²) in [4.78, 5) is 18.4. The molecular weight excluding hydrogens is 242 g/mol. The largest absolute Gasteiger partial charge is 0.396 e. The van der Waals surface area contributed by atoms with Crippen LogP contribution in [0.5, 0.6) is 0 Å². The van der Waals surface area contributed by atoms with Gasteiger partial charge in [0, 0.05) is 31.0 Å². The van der Waals surface area contributed by atoms with E-state index >= 15 is 0 Å². The maximum Gasteiger partial charge on any atom is 0.254 e.